The fraction of sp³-hybridized carbons (Fsp3) is 0.308. The van der Waals surface area contributed by atoms with E-state index >= 15 is 0 Å². The second kappa shape index (κ2) is 4.95. The van der Waals surface area contributed by atoms with Gasteiger partial charge in [0.05, 0.1) is 5.52 Å². The highest BCUT2D eigenvalue weighted by Gasteiger charge is 2.28. The summed E-state index contributed by atoms with van der Waals surface area (Å²) < 4.78 is 40.9. The average molecular weight is 270 g/mol. The standard InChI is InChI=1S/C13H13F3N2O/c1-2-8-5-9-6-10(19-7-13(14,15)16)3-4-11(9)18-12(8)17/h3-6H,2,7H2,1H3,(H2,17,18). The van der Waals surface area contributed by atoms with Crippen LogP contribution in [0.3, 0.4) is 0 Å². The van der Waals surface area contributed by atoms with Crippen molar-refractivity contribution in [2.75, 3.05) is 12.3 Å². The number of aromatic nitrogens is 1. The predicted octanol–water partition coefficient (Wildman–Crippen LogP) is 3.32. The van der Waals surface area contributed by atoms with Gasteiger partial charge in [-0.2, -0.15) is 13.2 Å². The van der Waals surface area contributed by atoms with Crippen LogP contribution >= 0.6 is 0 Å². The maximum atomic E-state index is 12.1. The minimum atomic E-state index is -4.34. The van der Waals surface area contributed by atoms with Gasteiger partial charge in [0.2, 0.25) is 0 Å². The van der Waals surface area contributed by atoms with Crippen LogP contribution in [0.15, 0.2) is 24.3 Å². The number of halogens is 3. The van der Waals surface area contributed by atoms with E-state index in [1.54, 1.807) is 6.07 Å². The molecule has 2 N–H and O–H groups in total. The topological polar surface area (TPSA) is 48.1 Å². The van der Waals surface area contributed by atoms with Crippen molar-refractivity contribution in [1.82, 2.24) is 4.98 Å². The normalized spacial score (nSPS) is 11.8. The lowest BCUT2D eigenvalue weighted by Gasteiger charge is -2.10. The summed E-state index contributed by atoms with van der Waals surface area (Å²) in [5.41, 5.74) is 7.25. The molecule has 0 saturated carbocycles. The van der Waals surface area contributed by atoms with Gasteiger partial charge in [-0.05, 0) is 36.2 Å². The number of nitrogens with zero attached hydrogens (tertiary/aromatic N) is 1. The van der Waals surface area contributed by atoms with Gasteiger partial charge in [0.15, 0.2) is 6.61 Å². The smallest absolute Gasteiger partial charge is 0.422 e. The Balaban J connectivity index is 2.31. The van der Waals surface area contributed by atoms with Crippen LogP contribution in [0.2, 0.25) is 0 Å². The van der Waals surface area contributed by atoms with Gasteiger partial charge in [-0.25, -0.2) is 4.98 Å². The van der Waals surface area contributed by atoms with E-state index in [4.69, 9.17) is 10.5 Å². The van der Waals surface area contributed by atoms with Crippen LogP contribution in [0.4, 0.5) is 19.0 Å². The molecular weight excluding hydrogens is 257 g/mol. The lowest BCUT2D eigenvalue weighted by Crippen LogP contribution is -2.19. The molecule has 0 saturated heterocycles. The summed E-state index contributed by atoms with van der Waals surface area (Å²) in [6.07, 6.45) is -3.63. The Morgan fingerprint density at radius 2 is 2.00 bits per heavy atom. The highest BCUT2D eigenvalue weighted by Crippen LogP contribution is 2.25. The molecule has 2 aromatic rings. The fourth-order valence-corrected chi connectivity index (χ4v) is 1.75. The zero-order valence-corrected chi connectivity index (χ0v) is 10.3. The van der Waals surface area contributed by atoms with Crippen LogP contribution in [-0.4, -0.2) is 17.8 Å². The summed E-state index contributed by atoms with van der Waals surface area (Å²) in [5, 5.41) is 0.714. The number of nitrogens with two attached hydrogens (primary N) is 1. The van der Waals surface area contributed by atoms with Crippen molar-refractivity contribution < 1.29 is 17.9 Å². The molecule has 0 amide bonds. The number of pyridine rings is 1. The maximum Gasteiger partial charge on any atom is 0.422 e. The van der Waals surface area contributed by atoms with Crippen LogP contribution in [0.1, 0.15) is 12.5 Å². The summed E-state index contributed by atoms with van der Waals surface area (Å²) in [4.78, 5) is 4.20. The van der Waals surface area contributed by atoms with E-state index in [9.17, 15) is 13.2 Å². The molecule has 0 spiro atoms. The number of rotatable bonds is 3. The molecule has 102 valence electrons. The first-order valence-corrected chi connectivity index (χ1v) is 5.78. The molecule has 1 aromatic heterocycles. The Bertz CT molecular complexity index is 596. The van der Waals surface area contributed by atoms with Crippen molar-refractivity contribution >= 4 is 16.7 Å². The van der Waals surface area contributed by atoms with Gasteiger partial charge < -0.3 is 10.5 Å². The molecule has 0 fully saturated rings. The van der Waals surface area contributed by atoms with Crippen LogP contribution in [0.5, 0.6) is 5.75 Å². The largest absolute Gasteiger partial charge is 0.484 e. The molecule has 0 aliphatic heterocycles. The molecule has 0 bridgehead atoms. The zero-order valence-electron chi connectivity index (χ0n) is 10.3. The molecule has 0 atom stereocenters. The van der Waals surface area contributed by atoms with E-state index in [1.807, 2.05) is 13.0 Å². The SMILES string of the molecule is CCc1cc2cc(OCC(F)(F)F)ccc2nc1N. The van der Waals surface area contributed by atoms with Crippen LogP contribution in [0, 0.1) is 0 Å². The Morgan fingerprint density at radius 1 is 1.26 bits per heavy atom. The summed E-state index contributed by atoms with van der Waals surface area (Å²) in [7, 11) is 0. The first-order valence-electron chi connectivity index (χ1n) is 5.78. The second-order valence-electron chi connectivity index (χ2n) is 4.14. The number of alkyl halides is 3. The third-order valence-corrected chi connectivity index (χ3v) is 2.68. The first kappa shape index (κ1) is 13.5. The van der Waals surface area contributed by atoms with Crippen molar-refractivity contribution in [3.63, 3.8) is 0 Å². The van der Waals surface area contributed by atoms with E-state index < -0.39 is 12.8 Å². The molecule has 3 nitrogen and oxygen atoms in total. The van der Waals surface area contributed by atoms with Crippen molar-refractivity contribution in [2.24, 2.45) is 0 Å². The van der Waals surface area contributed by atoms with E-state index in [-0.39, 0.29) is 5.75 Å². The predicted molar refractivity (Wildman–Crippen MR) is 67.1 cm³/mol. The Labute approximate surface area is 108 Å². The minimum Gasteiger partial charge on any atom is -0.484 e. The van der Waals surface area contributed by atoms with Crippen LogP contribution in [0.25, 0.3) is 10.9 Å². The summed E-state index contributed by atoms with van der Waals surface area (Å²) in [6.45, 7) is 0.630. The van der Waals surface area contributed by atoms with Gasteiger partial charge in [-0.15, -0.1) is 0 Å². The van der Waals surface area contributed by atoms with E-state index in [0.29, 0.717) is 23.1 Å². The van der Waals surface area contributed by atoms with Gasteiger partial charge in [-0.3, -0.25) is 0 Å². The lowest BCUT2D eigenvalue weighted by atomic mass is 10.1. The number of benzene rings is 1. The lowest BCUT2D eigenvalue weighted by molar-refractivity contribution is -0.153. The number of aryl methyl sites for hydroxylation is 1. The van der Waals surface area contributed by atoms with Crippen molar-refractivity contribution in [2.45, 2.75) is 19.5 Å². The van der Waals surface area contributed by atoms with Crippen molar-refractivity contribution in [3.05, 3.63) is 29.8 Å². The number of fused-ring (bicyclic) bond motifs is 1. The first-order chi connectivity index (χ1) is 8.89. The van der Waals surface area contributed by atoms with Gasteiger partial charge in [0.1, 0.15) is 11.6 Å². The average Bonchev–Trinajstić information content (AvgIpc) is 2.34. The minimum absolute atomic E-state index is 0.165. The Hall–Kier alpha value is -1.98. The molecule has 0 aliphatic carbocycles. The summed E-state index contributed by atoms with van der Waals surface area (Å²) in [6, 6.07) is 6.40. The number of ether oxygens (including phenoxy) is 1. The molecule has 19 heavy (non-hydrogen) atoms. The van der Waals surface area contributed by atoms with Crippen LogP contribution < -0.4 is 10.5 Å². The van der Waals surface area contributed by atoms with Crippen molar-refractivity contribution in [1.29, 1.82) is 0 Å². The molecule has 0 aliphatic rings. The summed E-state index contributed by atoms with van der Waals surface area (Å²) >= 11 is 0. The number of anilines is 1. The maximum absolute atomic E-state index is 12.1. The van der Waals surface area contributed by atoms with Crippen molar-refractivity contribution in [3.8, 4) is 5.75 Å². The Morgan fingerprint density at radius 3 is 2.63 bits per heavy atom. The van der Waals surface area contributed by atoms with Crippen LogP contribution in [-0.2, 0) is 6.42 Å². The molecule has 1 aromatic carbocycles. The highest BCUT2D eigenvalue weighted by molar-refractivity contribution is 5.82. The molecule has 1 heterocycles. The van der Waals surface area contributed by atoms with E-state index in [1.165, 1.54) is 12.1 Å². The van der Waals surface area contributed by atoms with E-state index in [2.05, 4.69) is 4.98 Å². The fourth-order valence-electron chi connectivity index (χ4n) is 1.75. The monoisotopic (exact) mass is 270 g/mol. The van der Waals surface area contributed by atoms with Gasteiger partial charge >= 0.3 is 6.18 Å². The third kappa shape index (κ3) is 3.27. The molecule has 0 radical (unpaired) electrons. The van der Waals surface area contributed by atoms with Gasteiger partial charge in [0.25, 0.3) is 0 Å². The molecule has 6 heteroatoms. The quantitative estimate of drug-likeness (QED) is 0.930. The van der Waals surface area contributed by atoms with Gasteiger partial charge in [0, 0.05) is 5.39 Å². The summed E-state index contributed by atoms with van der Waals surface area (Å²) in [5.74, 6) is 0.609. The Kier molecular flexibility index (Phi) is 3.50. The van der Waals surface area contributed by atoms with Gasteiger partial charge in [-0.1, -0.05) is 6.92 Å². The second-order valence-corrected chi connectivity index (χ2v) is 4.14. The number of nitrogen functional groups attached to an aromatic ring is 1. The number of hydrogen-bond donors (Lipinski definition) is 1. The third-order valence-electron chi connectivity index (χ3n) is 2.68. The number of hydrogen-bond acceptors (Lipinski definition) is 3. The molecule has 0 unspecified atom stereocenters. The highest BCUT2D eigenvalue weighted by atomic mass is 19.4. The zero-order chi connectivity index (χ0) is 14.0. The van der Waals surface area contributed by atoms with E-state index in [0.717, 1.165) is 5.56 Å². The molecule has 2 rings (SSSR count). The molecular formula is C13H13F3N2O.